The highest BCUT2D eigenvalue weighted by Crippen LogP contribution is 2.37. The third-order valence-corrected chi connectivity index (χ3v) is 4.62. The first kappa shape index (κ1) is 13.5. The molecule has 0 amide bonds. The Morgan fingerprint density at radius 2 is 2.10 bits per heavy atom. The predicted molar refractivity (Wildman–Crippen MR) is 83.6 cm³/mol. The second kappa shape index (κ2) is 5.15. The average Bonchev–Trinajstić information content (AvgIpc) is 2.80. The minimum Gasteiger partial charge on any atom is -0.329 e. The quantitative estimate of drug-likeness (QED) is 0.931. The molecule has 106 valence electrons. The molecule has 0 saturated carbocycles. The number of fused-ring (bicyclic) bond motifs is 1. The lowest BCUT2D eigenvalue weighted by Gasteiger charge is -2.38. The summed E-state index contributed by atoms with van der Waals surface area (Å²) in [7, 11) is 0. The molecule has 0 aliphatic carbocycles. The van der Waals surface area contributed by atoms with Crippen molar-refractivity contribution in [3.63, 3.8) is 0 Å². The molecule has 2 aromatic rings. The lowest BCUT2D eigenvalue weighted by atomic mass is 9.95. The van der Waals surface area contributed by atoms with Crippen LogP contribution in [0.1, 0.15) is 38.3 Å². The third-order valence-electron chi connectivity index (χ3n) is 4.62. The largest absolute Gasteiger partial charge is 0.329 e. The van der Waals surface area contributed by atoms with Crippen molar-refractivity contribution in [1.29, 1.82) is 0 Å². The Balaban J connectivity index is 2.08. The topological polar surface area (TPSA) is 42.1 Å². The zero-order valence-electron chi connectivity index (χ0n) is 12.3. The van der Waals surface area contributed by atoms with E-state index in [1.807, 2.05) is 12.4 Å². The van der Waals surface area contributed by atoms with E-state index in [9.17, 15) is 0 Å². The van der Waals surface area contributed by atoms with Crippen LogP contribution in [0.15, 0.2) is 36.7 Å². The second-order valence-electron chi connectivity index (χ2n) is 6.31. The average molecular weight is 269 g/mol. The fourth-order valence-corrected chi connectivity index (χ4v) is 3.53. The highest BCUT2D eigenvalue weighted by atomic mass is 15.2. The van der Waals surface area contributed by atoms with Gasteiger partial charge in [-0.2, -0.15) is 0 Å². The monoisotopic (exact) mass is 269 g/mol. The lowest BCUT2D eigenvalue weighted by Crippen LogP contribution is -2.43. The summed E-state index contributed by atoms with van der Waals surface area (Å²) in [5.74, 6) is 0. The molecule has 3 rings (SSSR count). The molecule has 20 heavy (non-hydrogen) atoms. The molecule has 1 fully saturated rings. The summed E-state index contributed by atoms with van der Waals surface area (Å²) in [5, 5.41) is 2.47. The molecule has 2 heterocycles. The molecular formula is C17H23N3. The predicted octanol–water partition coefficient (Wildman–Crippen LogP) is 3.11. The highest BCUT2D eigenvalue weighted by Gasteiger charge is 2.37. The molecule has 1 unspecified atom stereocenters. The Hall–Kier alpha value is -1.45. The van der Waals surface area contributed by atoms with Crippen LogP contribution in [0, 0.1) is 0 Å². The van der Waals surface area contributed by atoms with Crippen LogP contribution in [-0.2, 0) is 0 Å². The van der Waals surface area contributed by atoms with E-state index >= 15 is 0 Å². The van der Waals surface area contributed by atoms with Crippen molar-refractivity contribution in [1.82, 2.24) is 9.88 Å². The molecule has 2 N–H and O–H groups in total. The number of nitrogens with zero attached hydrogens (tertiary/aromatic N) is 2. The Morgan fingerprint density at radius 1 is 1.30 bits per heavy atom. The van der Waals surface area contributed by atoms with Crippen molar-refractivity contribution < 1.29 is 0 Å². The van der Waals surface area contributed by atoms with Crippen LogP contribution in [0.4, 0.5) is 0 Å². The first-order valence-electron chi connectivity index (χ1n) is 7.43. The number of rotatable bonds is 3. The van der Waals surface area contributed by atoms with Gasteiger partial charge in [-0.25, -0.2) is 0 Å². The second-order valence-corrected chi connectivity index (χ2v) is 6.31. The lowest BCUT2D eigenvalue weighted by molar-refractivity contribution is 0.120. The Labute approximate surface area is 120 Å². The Bertz CT molecular complexity index is 601. The summed E-state index contributed by atoms with van der Waals surface area (Å²) in [6, 6.07) is 8.71. The van der Waals surface area contributed by atoms with Gasteiger partial charge in [-0.3, -0.25) is 9.88 Å². The molecule has 3 heteroatoms. The fourth-order valence-electron chi connectivity index (χ4n) is 3.53. The van der Waals surface area contributed by atoms with Crippen molar-refractivity contribution in [2.75, 3.05) is 13.1 Å². The van der Waals surface area contributed by atoms with E-state index in [1.165, 1.54) is 29.2 Å². The zero-order chi connectivity index (χ0) is 14.2. The minimum atomic E-state index is 0.223. The molecule has 0 radical (unpaired) electrons. The van der Waals surface area contributed by atoms with Crippen molar-refractivity contribution in [2.24, 2.45) is 5.73 Å². The van der Waals surface area contributed by atoms with Gasteiger partial charge >= 0.3 is 0 Å². The van der Waals surface area contributed by atoms with E-state index in [-0.39, 0.29) is 11.6 Å². The number of benzene rings is 1. The van der Waals surface area contributed by atoms with Crippen LogP contribution < -0.4 is 5.73 Å². The van der Waals surface area contributed by atoms with Crippen LogP contribution in [0.5, 0.6) is 0 Å². The zero-order valence-corrected chi connectivity index (χ0v) is 12.3. The van der Waals surface area contributed by atoms with Crippen LogP contribution >= 0.6 is 0 Å². The van der Waals surface area contributed by atoms with Crippen LogP contribution in [0.25, 0.3) is 10.8 Å². The van der Waals surface area contributed by atoms with E-state index in [4.69, 9.17) is 5.73 Å². The van der Waals surface area contributed by atoms with Gasteiger partial charge in [0.15, 0.2) is 0 Å². The summed E-state index contributed by atoms with van der Waals surface area (Å²) in [6.45, 7) is 6.40. The van der Waals surface area contributed by atoms with Crippen molar-refractivity contribution in [3.05, 3.63) is 42.2 Å². The van der Waals surface area contributed by atoms with Crippen molar-refractivity contribution in [3.8, 4) is 0 Å². The van der Waals surface area contributed by atoms with Gasteiger partial charge in [0.05, 0.1) is 0 Å². The standard InChI is InChI=1S/C17H23N3/c1-17(2)8-5-9-20(17)16(10-18)15-12-19-11-13-6-3-4-7-14(13)15/h3-4,6-7,11-12,16H,5,8-10,18H2,1-2H3. The van der Waals surface area contributed by atoms with Crippen molar-refractivity contribution >= 4 is 10.8 Å². The maximum atomic E-state index is 6.13. The normalized spacial score (nSPS) is 20.4. The summed E-state index contributed by atoms with van der Waals surface area (Å²) in [6.07, 6.45) is 6.42. The van der Waals surface area contributed by atoms with Gasteiger partial charge < -0.3 is 5.73 Å². The number of hydrogen-bond acceptors (Lipinski definition) is 3. The Morgan fingerprint density at radius 3 is 2.80 bits per heavy atom. The van der Waals surface area contributed by atoms with E-state index in [0.717, 1.165) is 6.54 Å². The van der Waals surface area contributed by atoms with Gasteiger partial charge in [-0.05, 0) is 44.2 Å². The SMILES string of the molecule is CC1(C)CCCN1C(CN)c1cncc2ccccc12. The minimum absolute atomic E-state index is 0.223. The molecule has 1 aromatic carbocycles. The first-order chi connectivity index (χ1) is 9.63. The van der Waals surface area contributed by atoms with E-state index in [0.29, 0.717) is 6.54 Å². The van der Waals surface area contributed by atoms with E-state index < -0.39 is 0 Å². The molecular weight excluding hydrogens is 246 g/mol. The number of nitrogens with two attached hydrogens (primary N) is 1. The smallest absolute Gasteiger partial charge is 0.0497 e. The number of likely N-dealkylation sites (tertiary alicyclic amines) is 1. The van der Waals surface area contributed by atoms with E-state index in [2.05, 4.69) is 48.0 Å². The molecule has 1 aliphatic heterocycles. The van der Waals surface area contributed by atoms with Gasteiger partial charge in [0.1, 0.15) is 0 Å². The van der Waals surface area contributed by atoms with Crippen LogP contribution in [0.3, 0.4) is 0 Å². The van der Waals surface area contributed by atoms with Gasteiger partial charge in [0.2, 0.25) is 0 Å². The van der Waals surface area contributed by atoms with Crippen LogP contribution in [0.2, 0.25) is 0 Å². The molecule has 1 aliphatic rings. The molecule has 3 nitrogen and oxygen atoms in total. The fraction of sp³-hybridized carbons (Fsp3) is 0.471. The van der Waals surface area contributed by atoms with Gasteiger partial charge in [-0.1, -0.05) is 24.3 Å². The molecule has 0 spiro atoms. The third kappa shape index (κ3) is 2.21. The van der Waals surface area contributed by atoms with Crippen molar-refractivity contribution in [2.45, 2.75) is 38.3 Å². The molecule has 1 aromatic heterocycles. The summed E-state index contributed by atoms with van der Waals surface area (Å²) in [4.78, 5) is 6.97. The summed E-state index contributed by atoms with van der Waals surface area (Å²) < 4.78 is 0. The number of hydrogen-bond donors (Lipinski definition) is 1. The highest BCUT2D eigenvalue weighted by molar-refractivity contribution is 5.85. The summed E-state index contributed by atoms with van der Waals surface area (Å²) >= 11 is 0. The molecule has 1 atom stereocenters. The first-order valence-corrected chi connectivity index (χ1v) is 7.43. The molecule has 1 saturated heterocycles. The molecule has 0 bridgehead atoms. The maximum Gasteiger partial charge on any atom is 0.0497 e. The van der Waals surface area contributed by atoms with Gasteiger partial charge in [-0.15, -0.1) is 0 Å². The summed E-state index contributed by atoms with van der Waals surface area (Å²) in [5.41, 5.74) is 7.61. The Kier molecular flexibility index (Phi) is 3.48. The number of aromatic nitrogens is 1. The number of pyridine rings is 1. The maximum absolute atomic E-state index is 6.13. The van der Waals surface area contributed by atoms with Gasteiger partial charge in [0, 0.05) is 35.9 Å². The van der Waals surface area contributed by atoms with Gasteiger partial charge in [0.25, 0.3) is 0 Å². The van der Waals surface area contributed by atoms with E-state index in [1.54, 1.807) is 0 Å². The van der Waals surface area contributed by atoms with Crippen LogP contribution in [-0.4, -0.2) is 28.5 Å².